The Bertz CT molecular complexity index is 898. The second-order valence-corrected chi connectivity index (χ2v) is 9.12. The van der Waals surface area contributed by atoms with Crippen LogP contribution in [-0.4, -0.2) is 39.0 Å². The summed E-state index contributed by atoms with van der Waals surface area (Å²) in [4.78, 5) is 4.55. The molecule has 0 aliphatic carbocycles. The van der Waals surface area contributed by atoms with Gasteiger partial charge in [-0.1, -0.05) is 12.1 Å². The maximum absolute atomic E-state index is 13.0. The van der Waals surface area contributed by atoms with E-state index in [1.54, 1.807) is 12.1 Å². The van der Waals surface area contributed by atoms with Gasteiger partial charge < -0.3 is 15.4 Å². The predicted molar refractivity (Wildman–Crippen MR) is 115 cm³/mol. The second kappa shape index (κ2) is 10.8. The van der Waals surface area contributed by atoms with Gasteiger partial charge in [-0.3, -0.25) is 0 Å². The molecule has 2 aromatic carbocycles. The van der Waals surface area contributed by atoms with Crippen molar-refractivity contribution in [2.75, 3.05) is 18.6 Å². The Morgan fingerprint density at radius 2 is 1.69 bits per heavy atom. The number of halogens is 1. The maximum Gasteiger partial charge on any atom is 0.191 e. The molecule has 0 saturated carbocycles. The summed E-state index contributed by atoms with van der Waals surface area (Å²) < 4.78 is 41.3. The molecule has 0 amide bonds. The molecule has 6 nitrogen and oxygen atoms in total. The lowest BCUT2D eigenvalue weighted by molar-refractivity contribution is 0.480. The highest BCUT2D eigenvalue weighted by atomic mass is 32.2. The second-order valence-electron chi connectivity index (χ2n) is 6.86. The smallest absolute Gasteiger partial charge is 0.191 e. The molecule has 0 saturated heterocycles. The van der Waals surface area contributed by atoms with Crippen molar-refractivity contribution < 1.29 is 17.5 Å². The third-order valence-corrected chi connectivity index (χ3v) is 5.02. The minimum Gasteiger partial charge on any atom is -0.457 e. The number of ether oxygens (including phenoxy) is 1. The van der Waals surface area contributed by atoms with Gasteiger partial charge in [-0.25, -0.2) is 17.8 Å². The van der Waals surface area contributed by atoms with E-state index in [0.29, 0.717) is 37.0 Å². The molecule has 0 heterocycles. The first-order valence-corrected chi connectivity index (χ1v) is 11.6. The first-order chi connectivity index (χ1) is 13.7. The van der Waals surface area contributed by atoms with Crippen LogP contribution in [0.15, 0.2) is 53.5 Å². The maximum atomic E-state index is 13.0. The van der Waals surface area contributed by atoms with E-state index in [1.807, 2.05) is 38.1 Å². The third kappa shape index (κ3) is 8.95. The molecule has 158 valence electrons. The van der Waals surface area contributed by atoms with Crippen molar-refractivity contribution in [3.63, 3.8) is 0 Å². The topological polar surface area (TPSA) is 79.8 Å². The van der Waals surface area contributed by atoms with Crippen molar-refractivity contribution in [3.05, 3.63) is 59.9 Å². The summed E-state index contributed by atoms with van der Waals surface area (Å²) in [6.45, 7) is 5.07. The Hall–Kier alpha value is -2.61. The Morgan fingerprint density at radius 1 is 1.10 bits per heavy atom. The molecular weight excluding hydrogens is 393 g/mol. The van der Waals surface area contributed by atoms with Crippen LogP contribution < -0.4 is 15.4 Å². The molecular formula is C21H28FN3O3S. The number of benzene rings is 2. The van der Waals surface area contributed by atoms with Gasteiger partial charge in [0.05, 0.1) is 12.3 Å². The van der Waals surface area contributed by atoms with Crippen LogP contribution in [0.1, 0.15) is 25.8 Å². The first kappa shape index (κ1) is 22.7. The summed E-state index contributed by atoms with van der Waals surface area (Å²) >= 11 is 0. The molecule has 1 unspecified atom stereocenters. The van der Waals surface area contributed by atoms with Crippen molar-refractivity contribution in [1.82, 2.24) is 10.6 Å². The standard InChI is InChI=1S/C21H28FN3O3S/c1-4-23-21(25-16(2)13-14-29(3,26)27)24-15-17-5-9-19(10-6-17)28-20-11-7-18(22)8-12-20/h5-12,16H,4,13-15H2,1-3H3,(H2,23,24,25). The number of guanidine groups is 1. The van der Waals surface area contributed by atoms with Crippen LogP contribution in [0.4, 0.5) is 4.39 Å². The van der Waals surface area contributed by atoms with Crippen LogP contribution in [0.5, 0.6) is 11.5 Å². The van der Waals surface area contributed by atoms with E-state index in [0.717, 1.165) is 5.56 Å². The molecule has 0 aromatic heterocycles. The van der Waals surface area contributed by atoms with Crippen molar-refractivity contribution in [1.29, 1.82) is 0 Å². The normalized spacial score (nSPS) is 13.0. The fourth-order valence-corrected chi connectivity index (χ4v) is 3.27. The van der Waals surface area contributed by atoms with Crippen LogP contribution in [0.3, 0.4) is 0 Å². The molecule has 2 N–H and O–H groups in total. The summed E-state index contributed by atoms with van der Waals surface area (Å²) in [7, 11) is -2.98. The predicted octanol–water partition coefficient (Wildman–Crippen LogP) is 3.50. The van der Waals surface area contributed by atoms with E-state index >= 15 is 0 Å². The van der Waals surface area contributed by atoms with Gasteiger partial charge in [0.25, 0.3) is 0 Å². The average molecular weight is 422 g/mol. The Kier molecular flexibility index (Phi) is 8.45. The molecule has 2 aromatic rings. The van der Waals surface area contributed by atoms with Crippen molar-refractivity contribution in [2.24, 2.45) is 4.99 Å². The quantitative estimate of drug-likeness (QED) is 0.479. The van der Waals surface area contributed by atoms with Crippen LogP contribution >= 0.6 is 0 Å². The summed E-state index contributed by atoms with van der Waals surface area (Å²) in [6, 6.07) is 13.3. The van der Waals surface area contributed by atoms with Gasteiger partial charge in [-0.05, 0) is 62.2 Å². The summed E-state index contributed by atoms with van der Waals surface area (Å²) in [6.07, 6.45) is 1.75. The van der Waals surface area contributed by atoms with Gasteiger partial charge in [0, 0.05) is 18.8 Å². The molecule has 0 fully saturated rings. The summed E-state index contributed by atoms with van der Waals surface area (Å²) in [5.74, 6) is 1.69. The number of aliphatic imine (C=N–C) groups is 1. The fraction of sp³-hybridized carbons (Fsp3) is 0.381. The van der Waals surface area contributed by atoms with Crippen molar-refractivity contribution in [2.45, 2.75) is 32.9 Å². The SMILES string of the molecule is CCNC(=NCc1ccc(Oc2ccc(F)cc2)cc1)NC(C)CCS(C)(=O)=O. The van der Waals surface area contributed by atoms with E-state index in [1.165, 1.54) is 18.4 Å². The van der Waals surface area contributed by atoms with E-state index in [-0.39, 0.29) is 17.6 Å². The third-order valence-electron chi connectivity index (χ3n) is 4.04. The Morgan fingerprint density at radius 3 is 2.24 bits per heavy atom. The molecule has 2 rings (SSSR count). The lowest BCUT2D eigenvalue weighted by Gasteiger charge is -2.17. The van der Waals surface area contributed by atoms with Crippen LogP contribution in [0.25, 0.3) is 0 Å². The number of nitrogens with one attached hydrogen (secondary N) is 2. The molecule has 1 atom stereocenters. The number of nitrogens with zero attached hydrogens (tertiary/aromatic N) is 1. The lowest BCUT2D eigenvalue weighted by atomic mass is 10.2. The van der Waals surface area contributed by atoms with Gasteiger partial charge in [0.2, 0.25) is 0 Å². The zero-order valence-electron chi connectivity index (χ0n) is 17.0. The number of hydrogen-bond acceptors (Lipinski definition) is 4. The highest BCUT2D eigenvalue weighted by molar-refractivity contribution is 7.90. The van der Waals surface area contributed by atoms with Gasteiger partial charge in [0.1, 0.15) is 27.2 Å². The number of rotatable bonds is 9. The van der Waals surface area contributed by atoms with Gasteiger partial charge in [-0.2, -0.15) is 0 Å². The van der Waals surface area contributed by atoms with Gasteiger partial charge in [-0.15, -0.1) is 0 Å². The van der Waals surface area contributed by atoms with E-state index in [4.69, 9.17) is 4.74 Å². The van der Waals surface area contributed by atoms with Crippen LogP contribution in [0.2, 0.25) is 0 Å². The highest BCUT2D eigenvalue weighted by Gasteiger charge is 2.09. The minimum absolute atomic E-state index is 0.0194. The average Bonchev–Trinajstić information content (AvgIpc) is 2.67. The lowest BCUT2D eigenvalue weighted by Crippen LogP contribution is -2.42. The molecule has 29 heavy (non-hydrogen) atoms. The largest absolute Gasteiger partial charge is 0.457 e. The van der Waals surface area contributed by atoms with E-state index in [9.17, 15) is 12.8 Å². The Balaban J connectivity index is 1.93. The zero-order valence-corrected chi connectivity index (χ0v) is 17.8. The summed E-state index contributed by atoms with van der Waals surface area (Å²) in [5, 5.41) is 6.39. The van der Waals surface area contributed by atoms with Crippen molar-refractivity contribution >= 4 is 15.8 Å². The number of sulfone groups is 1. The number of hydrogen-bond donors (Lipinski definition) is 2. The monoisotopic (exact) mass is 421 g/mol. The molecule has 0 bridgehead atoms. The van der Waals surface area contributed by atoms with Gasteiger partial charge >= 0.3 is 0 Å². The molecule has 0 spiro atoms. The fourth-order valence-electron chi connectivity index (χ4n) is 2.49. The zero-order chi connectivity index (χ0) is 21.3. The Labute approximate surface area is 172 Å². The van der Waals surface area contributed by atoms with Gasteiger partial charge in [0.15, 0.2) is 5.96 Å². The highest BCUT2D eigenvalue weighted by Crippen LogP contribution is 2.22. The minimum atomic E-state index is -2.98. The summed E-state index contributed by atoms with van der Waals surface area (Å²) in [5.41, 5.74) is 0.998. The van der Waals surface area contributed by atoms with E-state index < -0.39 is 9.84 Å². The van der Waals surface area contributed by atoms with Crippen LogP contribution in [-0.2, 0) is 16.4 Å². The van der Waals surface area contributed by atoms with Crippen molar-refractivity contribution in [3.8, 4) is 11.5 Å². The molecule has 0 aliphatic heterocycles. The molecule has 0 radical (unpaired) electrons. The first-order valence-electron chi connectivity index (χ1n) is 9.50. The molecule has 0 aliphatic rings. The van der Waals surface area contributed by atoms with E-state index in [2.05, 4.69) is 15.6 Å². The van der Waals surface area contributed by atoms with Crippen LogP contribution in [0, 0.1) is 5.82 Å². The molecule has 8 heteroatoms.